The number of fused-ring (bicyclic) bond motifs is 1. The van der Waals surface area contributed by atoms with Crippen LogP contribution in [0, 0.1) is 12.7 Å². The molecule has 0 atom stereocenters. The van der Waals surface area contributed by atoms with E-state index in [0.717, 1.165) is 80.1 Å². The lowest BCUT2D eigenvalue weighted by Gasteiger charge is -2.43. The molecule has 4 aromatic rings. The lowest BCUT2D eigenvalue weighted by atomic mass is 10.0. The quantitative estimate of drug-likeness (QED) is 0.268. The van der Waals surface area contributed by atoms with E-state index in [1.807, 2.05) is 12.1 Å². The summed E-state index contributed by atoms with van der Waals surface area (Å²) in [5, 5.41) is 6.13. The van der Waals surface area contributed by atoms with Crippen LogP contribution in [0.3, 0.4) is 0 Å². The first-order valence-electron chi connectivity index (χ1n) is 15.6. The summed E-state index contributed by atoms with van der Waals surface area (Å²) in [6.45, 7) is 8.52. The molecule has 4 heterocycles. The molecule has 0 amide bonds. The van der Waals surface area contributed by atoms with Crippen LogP contribution in [0.15, 0.2) is 42.9 Å². The van der Waals surface area contributed by atoms with Crippen molar-refractivity contribution in [3.8, 4) is 5.75 Å². The largest absolute Gasteiger partial charge is 0.494 e. The topological polar surface area (TPSA) is 132 Å². The number of methoxy groups -OCH3 is 1. The van der Waals surface area contributed by atoms with Crippen molar-refractivity contribution in [3.05, 3.63) is 54.2 Å². The smallest absolute Gasteiger partial charge is 0.232 e. The van der Waals surface area contributed by atoms with Crippen LogP contribution in [-0.4, -0.2) is 111 Å². The number of aryl methyl sites for hydroxylation is 1. The molecule has 13 nitrogen and oxygen atoms in total. The standard InChI is InChI=1S/C32H41FN10O3S/c1-21-18-26(28(46-4)19-27(21)43-12-8-22(9-13-43)42-16-14-40(2)15-17-42)38-32-36-20-23(33)31(39-32)37-25-7-6-24-29(35-11-10-34-24)30(25)41(3)47(5,44)45/h6-7,10-11,18-20,22H,8-9,12-17H2,1-5H3,(H2,36,37,38,39). The van der Waals surface area contributed by atoms with E-state index in [1.165, 1.54) is 19.4 Å². The summed E-state index contributed by atoms with van der Waals surface area (Å²) in [7, 11) is 1.51. The van der Waals surface area contributed by atoms with E-state index in [0.29, 0.717) is 28.5 Å². The predicted octanol–water partition coefficient (Wildman–Crippen LogP) is 3.98. The Labute approximate surface area is 274 Å². The zero-order valence-corrected chi connectivity index (χ0v) is 28.2. The summed E-state index contributed by atoms with van der Waals surface area (Å²) >= 11 is 0. The number of likely N-dealkylation sites (N-methyl/N-ethyl adjacent to an activating group) is 1. The van der Waals surface area contributed by atoms with Crippen molar-refractivity contribution in [1.82, 2.24) is 29.7 Å². The number of aromatic nitrogens is 4. The molecule has 2 aliphatic rings. The number of nitrogens with zero attached hydrogens (tertiary/aromatic N) is 8. The summed E-state index contributed by atoms with van der Waals surface area (Å²) in [4.78, 5) is 24.6. The maximum Gasteiger partial charge on any atom is 0.232 e. The Balaban J connectivity index is 1.22. The monoisotopic (exact) mass is 664 g/mol. The fraction of sp³-hybridized carbons (Fsp3) is 0.438. The zero-order chi connectivity index (χ0) is 33.3. The minimum Gasteiger partial charge on any atom is -0.494 e. The lowest BCUT2D eigenvalue weighted by Crippen LogP contribution is -2.52. The van der Waals surface area contributed by atoms with E-state index in [9.17, 15) is 8.42 Å². The van der Waals surface area contributed by atoms with E-state index in [2.05, 4.69) is 59.2 Å². The van der Waals surface area contributed by atoms with Crippen LogP contribution in [0.5, 0.6) is 5.75 Å². The SMILES string of the molecule is COc1cc(N2CCC(N3CCN(C)CC3)CC2)c(C)cc1Nc1ncc(F)c(Nc2ccc3nccnc3c2N(C)S(C)(=O)=O)n1. The molecule has 250 valence electrons. The molecule has 47 heavy (non-hydrogen) atoms. The van der Waals surface area contributed by atoms with Gasteiger partial charge in [0.2, 0.25) is 16.0 Å². The number of ether oxygens (including phenoxy) is 1. The van der Waals surface area contributed by atoms with Crippen LogP contribution in [0.1, 0.15) is 18.4 Å². The maximum absolute atomic E-state index is 15.1. The molecule has 2 saturated heterocycles. The van der Waals surface area contributed by atoms with Crippen molar-refractivity contribution in [3.63, 3.8) is 0 Å². The number of halogens is 1. The maximum atomic E-state index is 15.1. The summed E-state index contributed by atoms with van der Waals surface area (Å²) in [6.07, 6.45) is 7.36. The average Bonchev–Trinajstić information content (AvgIpc) is 3.06. The minimum absolute atomic E-state index is 0.130. The number of anilines is 6. The zero-order valence-electron chi connectivity index (χ0n) is 27.4. The van der Waals surface area contributed by atoms with Crippen molar-refractivity contribution >= 4 is 55.6 Å². The molecule has 0 bridgehead atoms. The number of piperidine rings is 1. The van der Waals surface area contributed by atoms with Crippen molar-refractivity contribution < 1.29 is 17.5 Å². The van der Waals surface area contributed by atoms with Crippen molar-refractivity contribution in [1.29, 1.82) is 0 Å². The fourth-order valence-electron chi connectivity index (χ4n) is 6.31. The van der Waals surface area contributed by atoms with Gasteiger partial charge in [-0.2, -0.15) is 4.98 Å². The molecule has 0 spiro atoms. The van der Waals surface area contributed by atoms with Crippen molar-refractivity contribution in [2.45, 2.75) is 25.8 Å². The number of piperazine rings is 1. The van der Waals surface area contributed by atoms with E-state index in [1.54, 1.807) is 19.2 Å². The fourth-order valence-corrected chi connectivity index (χ4v) is 6.83. The van der Waals surface area contributed by atoms with E-state index >= 15 is 4.39 Å². The van der Waals surface area contributed by atoms with Crippen LogP contribution in [-0.2, 0) is 10.0 Å². The normalized spacial score (nSPS) is 16.8. The molecule has 0 saturated carbocycles. The number of hydrogen-bond acceptors (Lipinski definition) is 12. The van der Waals surface area contributed by atoms with E-state index in [4.69, 9.17) is 4.74 Å². The second-order valence-electron chi connectivity index (χ2n) is 12.2. The predicted molar refractivity (Wildman–Crippen MR) is 183 cm³/mol. The van der Waals surface area contributed by atoms with Gasteiger partial charge >= 0.3 is 0 Å². The molecule has 2 fully saturated rings. The molecule has 0 unspecified atom stereocenters. The lowest BCUT2D eigenvalue weighted by molar-refractivity contribution is 0.0982. The first kappa shape index (κ1) is 32.6. The highest BCUT2D eigenvalue weighted by Gasteiger charge is 2.28. The van der Waals surface area contributed by atoms with Gasteiger partial charge in [0.1, 0.15) is 17.0 Å². The Hall–Kier alpha value is -4.34. The van der Waals surface area contributed by atoms with Crippen LogP contribution in [0.25, 0.3) is 11.0 Å². The number of benzene rings is 2. The molecule has 15 heteroatoms. The number of rotatable bonds is 9. The molecular formula is C32H41FN10O3S. The second kappa shape index (κ2) is 13.4. The van der Waals surface area contributed by atoms with Gasteiger partial charge in [-0.15, -0.1) is 0 Å². The van der Waals surface area contributed by atoms with E-state index in [-0.39, 0.29) is 23.1 Å². The van der Waals surface area contributed by atoms with Crippen molar-refractivity contribution in [2.24, 2.45) is 0 Å². The Kier molecular flexibility index (Phi) is 9.30. The number of nitrogens with one attached hydrogen (secondary N) is 2. The van der Waals surface area contributed by atoms with E-state index < -0.39 is 15.8 Å². The van der Waals surface area contributed by atoms with Crippen LogP contribution in [0.2, 0.25) is 0 Å². The molecule has 2 aromatic carbocycles. The summed E-state index contributed by atoms with van der Waals surface area (Å²) in [5.41, 5.74) is 4.14. The molecule has 6 rings (SSSR count). The Morgan fingerprint density at radius 2 is 1.70 bits per heavy atom. The van der Waals surface area contributed by atoms with Gasteiger partial charge in [0.15, 0.2) is 11.6 Å². The van der Waals surface area contributed by atoms with Gasteiger partial charge in [0.05, 0.1) is 36.5 Å². The number of sulfonamides is 1. The number of hydrogen-bond donors (Lipinski definition) is 2. The van der Waals surface area contributed by atoms with Gasteiger partial charge in [-0.3, -0.25) is 19.2 Å². The van der Waals surface area contributed by atoms with Crippen LogP contribution in [0.4, 0.5) is 38.9 Å². The Morgan fingerprint density at radius 3 is 2.40 bits per heavy atom. The molecule has 0 radical (unpaired) electrons. The third-order valence-corrected chi connectivity index (χ3v) is 10.2. The molecule has 0 aliphatic carbocycles. The highest BCUT2D eigenvalue weighted by atomic mass is 32.2. The second-order valence-corrected chi connectivity index (χ2v) is 14.2. The highest BCUT2D eigenvalue weighted by Crippen LogP contribution is 2.38. The summed E-state index contributed by atoms with van der Waals surface area (Å²) in [6, 6.07) is 7.92. The molecular weight excluding hydrogens is 623 g/mol. The highest BCUT2D eigenvalue weighted by molar-refractivity contribution is 7.92. The van der Waals surface area contributed by atoms with Crippen molar-refractivity contribution in [2.75, 3.05) is 86.6 Å². The van der Waals surface area contributed by atoms with Gasteiger partial charge in [0.25, 0.3) is 0 Å². The molecule has 2 aromatic heterocycles. The molecule has 2 aliphatic heterocycles. The van der Waals surface area contributed by atoms with Crippen LogP contribution < -0.4 is 24.6 Å². The van der Waals surface area contributed by atoms with Gasteiger partial charge in [-0.05, 0) is 50.6 Å². The van der Waals surface area contributed by atoms with Gasteiger partial charge < -0.3 is 25.2 Å². The Morgan fingerprint density at radius 1 is 0.979 bits per heavy atom. The first-order valence-corrected chi connectivity index (χ1v) is 17.5. The first-order chi connectivity index (χ1) is 22.5. The summed E-state index contributed by atoms with van der Waals surface area (Å²) < 4.78 is 47.0. The van der Waals surface area contributed by atoms with Gasteiger partial charge in [0, 0.05) is 76.5 Å². The molecule has 2 N–H and O–H groups in total. The van der Waals surface area contributed by atoms with Crippen LogP contribution >= 0.6 is 0 Å². The Bertz CT molecular complexity index is 1860. The van der Waals surface area contributed by atoms with Gasteiger partial charge in [-0.1, -0.05) is 0 Å². The third kappa shape index (κ3) is 7.01. The minimum atomic E-state index is -3.69. The average molecular weight is 665 g/mol. The summed E-state index contributed by atoms with van der Waals surface area (Å²) in [5.74, 6) is -0.129. The van der Waals surface area contributed by atoms with Gasteiger partial charge in [-0.25, -0.2) is 17.8 Å². The third-order valence-electron chi connectivity index (χ3n) is 9.05.